The van der Waals surface area contributed by atoms with Gasteiger partial charge in [0.2, 0.25) is 0 Å². The quantitative estimate of drug-likeness (QED) is 0.829. The summed E-state index contributed by atoms with van der Waals surface area (Å²) in [6, 6.07) is 5.42. The fourth-order valence-electron chi connectivity index (χ4n) is 5.28. The van der Waals surface area contributed by atoms with Crippen LogP contribution < -0.4 is 5.32 Å². The van der Waals surface area contributed by atoms with E-state index in [0.29, 0.717) is 11.3 Å². The topological polar surface area (TPSA) is 35.8 Å². The summed E-state index contributed by atoms with van der Waals surface area (Å²) in [5, 5.41) is 12.5. The second-order valence-corrected chi connectivity index (χ2v) is 8.02. The lowest BCUT2D eigenvalue weighted by Gasteiger charge is -2.57. The van der Waals surface area contributed by atoms with Gasteiger partial charge in [-0.05, 0) is 84.3 Å². The zero-order valence-corrected chi connectivity index (χ0v) is 13.4. The zero-order chi connectivity index (χ0) is 14.6. The van der Waals surface area contributed by atoms with Crippen LogP contribution in [0.2, 0.25) is 0 Å². The second-order valence-electron chi connectivity index (χ2n) is 7.22. The minimum absolute atomic E-state index is 0.0865. The highest BCUT2D eigenvalue weighted by atomic mass is 79.9. The van der Waals surface area contributed by atoms with Crippen molar-refractivity contribution >= 4 is 21.6 Å². The van der Waals surface area contributed by atoms with Crippen LogP contribution >= 0.6 is 15.9 Å². The van der Waals surface area contributed by atoms with Crippen molar-refractivity contribution in [1.82, 2.24) is 0 Å². The van der Waals surface area contributed by atoms with E-state index in [1.807, 2.05) is 6.07 Å². The Morgan fingerprint density at radius 2 is 1.71 bits per heavy atom. The third kappa shape index (κ3) is 2.17. The number of nitrogens with one attached hydrogen (secondary N) is 1. The summed E-state index contributed by atoms with van der Waals surface area (Å²) in [4.78, 5) is 0. The van der Waals surface area contributed by atoms with Gasteiger partial charge < -0.3 is 5.32 Å². The summed E-state index contributed by atoms with van der Waals surface area (Å²) in [6.07, 6.45) is 7.66. The summed E-state index contributed by atoms with van der Waals surface area (Å²) in [7, 11) is 0. The van der Waals surface area contributed by atoms with Crippen LogP contribution in [-0.4, -0.2) is 5.54 Å². The van der Waals surface area contributed by atoms with Crippen LogP contribution in [0, 0.1) is 34.9 Å². The van der Waals surface area contributed by atoms with Crippen molar-refractivity contribution < 1.29 is 4.39 Å². The lowest BCUT2D eigenvalue weighted by Crippen LogP contribution is -2.54. The van der Waals surface area contributed by atoms with Crippen LogP contribution in [0.25, 0.3) is 0 Å². The van der Waals surface area contributed by atoms with E-state index in [0.717, 1.165) is 17.8 Å². The normalized spacial score (nSPS) is 36.5. The number of hydrogen-bond donors (Lipinski definition) is 1. The largest absolute Gasteiger partial charge is 0.377 e. The van der Waals surface area contributed by atoms with E-state index in [1.54, 1.807) is 12.1 Å². The van der Waals surface area contributed by atoms with Crippen molar-refractivity contribution in [2.24, 2.45) is 17.8 Å². The molecule has 0 atom stereocenters. The maximum atomic E-state index is 14.5. The smallest absolute Gasteiger partial charge is 0.161 e. The van der Waals surface area contributed by atoms with Gasteiger partial charge in [-0.2, -0.15) is 5.26 Å². The third-order valence-corrected chi connectivity index (χ3v) is 6.42. The predicted molar refractivity (Wildman–Crippen MR) is 83.3 cm³/mol. The molecule has 1 aromatic rings. The van der Waals surface area contributed by atoms with E-state index >= 15 is 0 Å². The minimum Gasteiger partial charge on any atom is -0.377 e. The van der Waals surface area contributed by atoms with E-state index < -0.39 is 0 Å². The number of benzene rings is 1. The van der Waals surface area contributed by atoms with Crippen LogP contribution in [0.4, 0.5) is 10.1 Å². The Morgan fingerprint density at radius 1 is 1.14 bits per heavy atom. The molecule has 4 saturated carbocycles. The van der Waals surface area contributed by atoms with Crippen molar-refractivity contribution in [2.75, 3.05) is 5.32 Å². The molecule has 0 unspecified atom stereocenters. The third-order valence-electron chi connectivity index (χ3n) is 5.64. The molecule has 4 aliphatic carbocycles. The standard InChI is InChI=1S/C17H18BrFN2/c18-15-13(9-20)1-2-14(16(15)19)21-17-6-10-3-11(7-17)5-12(4-10)8-17/h1-2,10-12,21H,3-8H2. The molecule has 0 heterocycles. The van der Waals surface area contributed by atoms with Crippen molar-refractivity contribution in [3.63, 3.8) is 0 Å². The molecule has 0 spiro atoms. The molecule has 4 fully saturated rings. The van der Waals surface area contributed by atoms with E-state index in [2.05, 4.69) is 21.2 Å². The second kappa shape index (κ2) is 4.71. The Kier molecular flexibility index (Phi) is 3.04. The van der Waals surface area contributed by atoms with E-state index in [1.165, 1.54) is 38.5 Å². The van der Waals surface area contributed by atoms with Crippen molar-refractivity contribution in [2.45, 2.75) is 44.1 Å². The average Bonchev–Trinajstić information content (AvgIpc) is 2.42. The molecule has 0 aromatic heterocycles. The van der Waals surface area contributed by atoms with E-state index in [9.17, 15) is 4.39 Å². The summed E-state index contributed by atoms with van der Waals surface area (Å²) < 4.78 is 14.8. The maximum Gasteiger partial charge on any atom is 0.161 e. The Morgan fingerprint density at radius 3 is 2.24 bits per heavy atom. The monoisotopic (exact) mass is 348 g/mol. The number of rotatable bonds is 2. The lowest BCUT2D eigenvalue weighted by molar-refractivity contribution is 0.0105. The summed E-state index contributed by atoms with van der Waals surface area (Å²) in [5.41, 5.74) is 0.981. The molecule has 0 radical (unpaired) electrons. The van der Waals surface area contributed by atoms with Crippen LogP contribution in [-0.2, 0) is 0 Å². The Balaban J connectivity index is 1.65. The first-order valence-corrected chi connectivity index (χ1v) is 8.54. The summed E-state index contributed by atoms with van der Waals surface area (Å²) >= 11 is 3.20. The van der Waals surface area contributed by atoms with Crippen LogP contribution in [0.15, 0.2) is 16.6 Å². The SMILES string of the molecule is N#Cc1ccc(NC23CC4CC(CC(C4)C2)C3)c(F)c1Br. The van der Waals surface area contributed by atoms with Gasteiger partial charge in [-0.1, -0.05) is 0 Å². The molecule has 0 saturated heterocycles. The number of nitrogens with zero attached hydrogens (tertiary/aromatic N) is 1. The van der Waals surface area contributed by atoms with Gasteiger partial charge in [0.15, 0.2) is 5.82 Å². The van der Waals surface area contributed by atoms with Crippen LogP contribution in [0.5, 0.6) is 0 Å². The fraction of sp³-hybridized carbons (Fsp3) is 0.588. The molecule has 4 aliphatic rings. The van der Waals surface area contributed by atoms with Gasteiger partial charge in [-0.3, -0.25) is 0 Å². The number of halogens is 2. The van der Waals surface area contributed by atoms with E-state index in [4.69, 9.17) is 5.26 Å². The first kappa shape index (κ1) is 13.6. The van der Waals surface area contributed by atoms with Gasteiger partial charge in [0, 0.05) is 5.54 Å². The van der Waals surface area contributed by atoms with Gasteiger partial charge in [-0.15, -0.1) is 0 Å². The highest BCUT2D eigenvalue weighted by Gasteiger charge is 2.51. The molecule has 0 amide bonds. The first-order valence-electron chi connectivity index (χ1n) is 7.75. The lowest BCUT2D eigenvalue weighted by atomic mass is 9.53. The maximum absolute atomic E-state index is 14.5. The van der Waals surface area contributed by atoms with Gasteiger partial charge in [0.25, 0.3) is 0 Å². The molecule has 21 heavy (non-hydrogen) atoms. The van der Waals surface area contributed by atoms with Crippen molar-refractivity contribution in [3.8, 4) is 6.07 Å². The van der Waals surface area contributed by atoms with Gasteiger partial charge in [0.05, 0.1) is 15.7 Å². The molecular formula is C17H18BrFN2. The molecule has 0 aliphatic heterocycles. The molecular weight excluding hydrogens is 331 g/mol. The number of anilines is 1. The Hall–Kier alpha value is -1.08. The first-order chi connectivity index (χ1) is 10.1. The van der Waals surface area contributed by atoms with Crippen LogP contribution in [0.1, 0.15) is 44.1 Å². The molecule has 1 N–H and O–H groups in total. The molecule has 1 aromatic carbocycles. The molecule has 110 valence electrons. The number of nitriles is 1. The fourth-order valence-corrected chi connectivity index (χ4v) is 5.72. The molecule has 2 nitrogen and oxygen atoms in total. The molecule has 4 bridgehead atoms. The van der Waals surface area contributed by atoms with Crippen molar-refractivity contribution in [3.05, 3.63) is 28.0 Å². The van der Waals surface area contributed by atoms with Crippen LogP contribution in [0.3, 0.4) is 0 Å². The van der Waals surface area contributed by atoms with Gasteiger partial charge in [0.1, 0.15) is 6.07 Å². The highest BCUT2D eigenvalue weighted by molar-refractivity contribution is 9.10. The predicted octanol–water partition coefficient (Wildman–Crippen LogP) is 4.84. The summed E-state index contributed by atoms with van der Waals surface area (Å²) in [6.45, 7) is 0. The Labute approximate surface area is 132 Å². The van der Waals surface area contributed by atoms with Crippen molar-refractivity contribution in [1.29, 1.82) is 5.26 Å². The molecule has 4 heteroatoms. The number of hydrogen-bond acceptors (Lipinski definition) is 2. The zero-order valence-electron chi connectivity index (χ0n) is 11.8. The highest BCUT2D eigenvalue weighted by Crippen LogP contribution is 2.56. The average molecular weight is 349 g/mol. The van der Waals surface area contributed by atoms with E-state index in [-0.39, 0.29) is 15.8 Å². The van der Waals surface area contributed by atoms with Gasteiger partial charge in [-0.25, -0.2) is 4.39 Å². The molecule has 5 rings (SSSR count). The minimum atomic E-state index is -0.329. The summed E-state index contributed by atoms with van der Waals surface area (Å²) in [5.74, 6) is 2.15. The van der Waals surface area contributed by atoms with Gasteiger partial charge >= 0.3 is 0 Å². The Bertz CT molecular complexity index is 599.